The van der Waals surface area contributed by atoms with Gasteiger partial charge >= 0.3 is 0 Å². The van der Waals surface area contributed by atoms with Gasteiger partial charge in [0.05, 0.1) is 17.2 Å². The maximum atomic E-state index is 10.4. The number of benzene rings is 1. The van der Waals surface area contributed by atoms with Crippen molar-refractivity contribution in [3.8, 4) is 6.07 Å². The summed E-state index contributed by atoms with van der Waals surface area (Å²) >= 11 is 1.79. The highest BCUT2D eigenvalue weighted by Crippen LogP contribution is 2.35. The van der Waals surface area contributed by atoms with Gasteiger partial charge in [-0.15, -0.1) is 0 Å². The van der Waals surface area contributed by atoms with Crippen molar-refractivity contribution >= 4 is 11.8 Å². The topological polar surface area (TPSA) is 44.0 Å². The summed E-state index contributed by atoms with van der Waals surface area (Å²) in [4.78, 5) is 0. The SMILES string of the molecule is N#Cc1ccc(C2(O)CCCSC2)cc1. The summed E-state index contributed by atoms with van der Waals surface area (Å²) in [5, 5.41) is 19.1. The van der Waals surface area contributed by atoms with E-state index in [1.54, 1.807) is 23.9 Å². The van der Waals surface area contributed by atoms with Crippen LogP contribution in [0.1, 0.15) is 24.0 Å². The molecule has 2 nitrogen and oxygen atoms in total. The van der Waals surface area contributed by atoms with Crippen molar-refractivity contribution in [1.82, 2.24) is 0 Å². The molecule has 0 radical (unpaired) electrons. The Morgan fingerprint density at radius 2 is 2.07 bits per heavy atom. The van der Waals surface area contributed by atoms with Crippen LogP contribution >= 0.6 is 11.8 Å². The first-order chi connectivity index (χ1) is 7.24. The number of nitriles is 1. The zero-order chi connectivity index (χ0) is 10.7. The molecule has 0 bridgehead atoms. The second-order valence-corrected chi connectivity index (χ2v) is 4.98. The summed E-state index contributed by atoms with van der Waals surface area (Å²) in [7, 11) is 0. The second kappa shape index (κ2) is 4.26. The van der Waals surface area contributed by atoms with Gasteiger partial charge in [0.2, 0.25) is 0 Å². The lowest BCUT2D eigenvalue weighted by atomic mass is 9.90. The van der Waals surface area contributed by atoms with Gasteiger partial charge in [-0.1, -0.05) is 12.1 Å². The van der Waals surface area contributed by atoms with E-state index < -0.39 is 5.60 Å². The number of hydrogen-bond donors (Lipinski definition) is 1. The molecule has 1 aromatic carbocycles. The average Bonchev–Trinajstić information content (AvgIpc) is 2.30. The summed E-state index contributed by atoms with van der Waals surface area (Å²) in [5.74, 6) is 1.90. The molecule has 0 aromatic heterocycles. The van der Waals surface area contributed by atoms with E-state index in [1.165, 1.54) is 0 Å². The Hall–Kier alpha value is -0.980. The molecule has 1 aliphatic heterocycles. The van der Waals surface area contributed by atoms with E-state index in [4.69, 9.17) is 5.26 Å². The molecule has 3 heteroatoms. The zero-order valence-corrected chi connectivity index (χ0v) is 9.26. The summed E-state index contributed by atoms with van der Waals surface area (Å²) in [6.07, 6.45) is 1.88. The third kappa shape index (κ3) is 2.17. The Morgan fingerprint density at radius 3 is 2.60 bits per heavy atom. The van der Waals surface area contributed by atoms with Gasteiger partial charge < -0.3 is 5.11 Å². The monoisotopic (exact) mass is 219 g/mol. The van der Waals surface area contributed by atoms with Gasteiger partial charge in [-0.05, 0) is 36.3 Å². The Bertz CT molecular complexity index is 374. The fraction of sp³-hybridized carbons (Fsp3) is 0.417. The lowest BCUT2D eigenvalue weighted by molar-refractivity contribution is 0.0495. The van der Waals surface area contributed by atoms with Crippen LogP contribution < -0.4 is 0 Å². The van der Waals surface area contributed by atoms with Crippen LogP contribution in [0.2, 0.25) is 0 Å². The van der Waals surface area contributed by atoms with Crippen LogP contribution in [0, 0.1) is 11.3 Å². The summed E-state index contributed by atoms with van der Waals surface area (Å²) in [6, 6.07) is 9.35. The molecule has 1 aliphatic rings. The van der Waals surface area contributed by atoms with Crippen LogP contribution in [-0.2, 0) is 5.60 Å². The number of aliphatic hydroxyl groups is 1. The number of thioether (sulfide) groups is 1. The third-order valence-electron chi connectivity index (χ3n) is 2.77. The third-order valence-corrected chi connectivity index (χ3v) is 4.03. The van der Waals surface area contributed by atoms with E-state index in [0.717, 1.165) is 29.9 Å². The van der Waals surface area contributed by atoms with E-state index in [9.17, 15) is 5.11 Å². The van der Waals surface area contributed by atoms with Crippen LogP contribution in [0.25, 0.3) is 0 Å². The minimum atomic E-state index is -0.684. The zero-order valence-electron chi connectivity index (χ0n) is 8.44. The van der Waals surface area contributed by atoms with Gasteiger partial charge in [0, 0.05) is 5.75 Å². The first-order valence-corrected chi connectivity index (χ1v) is 6.21. The van der Waals surface area contributed by atoms with Crippen molar-refractivity contribution in [1.29, 1.82) is 5.26 Å². The summed E-state index contributed by atoms with van der Waals surface area (Å²) in [6.45, 7) is 0. The maximum absolute atomic E-state index is 10.4. The van der Waals surface area contributed by atoms with E-state index >= 15 is 0 Å². The first kappa shape index (κ1) is 10.5. The smallest absolute Gasteiger partial charge is 0.0991 e. The lowest BCUT2D eigenvalue weighted by Crippen LogP contribution is -2.31. The molecule has 0 amide bonds. The van der Waals surface area contributed by atoms with Crippen LogP contribution in [-0.4, -0.2) is 16.6 Å². The molecule has 1 fully saturated rings. The molecule has 1 N–H and O–H groups in total. The highest BCUT2D eigenvalue weighted by molar-refractivity contribution is 7.99. The van der Waals surface area contributed by atoms with Gasteiger partial charge in [0.1, 0.15) is 0 Å². The molecule has 1 saturated heterocycles. The molecule has 1 aromatic rings. The van der Waals surface area contributed by atoms with Crippen molar-refractivity contribution in [2.45, 2.75) is 18.4 Å². The van der Waals surface area contributed by atoms with Gasteiger partial charge in [-0.25, -0.2) is 0 Å². The van der Waals surface area contributed by atoms with Crippen LogP contribution in [0.5, 0.6) is 0 Å². The van der Waals surface area contributed by atoms with Gasteiger partial charge in [0.25, 0.3) is 0 Å². The van der Waals surface area contributed by atoms with Crippen LogP contribution in [0.3, 0.4) is 0 Å². The second-order valence-electron chi connectivity index (χ2n) is 3.88. The number of hydrogen-bond acceptors (Lipinski definition) is 3. The molecule has 1 unspecified atom stereocenters. The van der Waals surface area contributed by atoms with Gasteiger partial charge in [0.15, 0.2) is 0 Å². The summed E-state index contributed by atoms with van der Waals surface area (Å²) < 4.78 is 0. The van der Waals surface area contributed by atoms with Crippen molar-refractivity contribution < 1.29 is 5.11 Å². The lowest BCUT2D eigenvalue weighted by Gasteiger charge is -2.32. The van der Waals surface area contributed by atoms with E-state index in [2.05, 4.69) is 6.07 Å². The first-order valence-electron chi connectivity index (χ1n) is 5.05. The quantitative estimate of drug-likeness (QED) is 0.788. The molecular formula is C12H13NOS. The predicted octanol–water partition coefficient (Wildman–Crippen LogP) is 2.27. The molecule has 0 aliphatic carbocycles. The number of rotatable bonds is 1. The van der Waals surface area contributed by atoms with Crippen LogP contribution in [0.4, 0.5) is 0 Å². The molecule has 78 valence electrons. The van der Waals surface area contributed by atoms with Crippen molar-refractivity contribution in [2.24, 2.45) is 0 Å². The Morgan fingerprint density at radius 1 is 1.33 bits per heavy atom. The standard InChI is InChI=1S/C12H13NOS/c13-8-10-2-4-11(5-3-10)12(14)6-1-7-15-9-12/h2-5,14H,1,6-7,9H2. The highest BCUT2D eigenvalue weighted by Gasteiger charge is 2.31. The average molecular weight is 219 g/mol. The van der Waals surface area contributed by atoms with Crippen LogP contribution in [0.15, 0.2) is 24.3 Å². The normalized spacial score (nSPS) is 25.9. The highest BCUT2D eigenvalue weighted by atomic mass is 32.2. The molecular weight excluding hydrogens is 206 g/mol. The predicted molar refractivity (Wildman–Crippen MR) is 61.6 cm³/mol. The Balaban J connectivity index is 2.24. The van der Waals surface area contributed by atoms with Gasteiger partial charge in [-0.3, -0.25) is 0 Å². The molecule has 15 heavy (non-hydrogen) atoms. The molecule has 1 atom stereocenters. The fourth-order valence-corrected chi connectivity index (χ4v) is 3.00. The van der Waals surface area contributed by atoms with E-state index in [-0.39, 0.29) is 0 Å². The van der Waals surface area contributed by atoms with E-state index in [1.807, 2.05) is 12.1 Å². The maximum Gasteiger partial charge on any atom is 0.0991 e. The Kier molecular flexibility index (Phi) is 2.99. The van der Waals surface area contributed by atoms with Crippen molar-refractivity contribution in [2.75, 3.05) is 11.5 Å². The summed E-state index contributed by atoms with van der Waals surface area (Å²) in [5.41, 5.74) is 0.899. The number of nitrogens with zero attached hydrogens (tertiary/aromatic N) is 1. The molecule has 1 heterocycles. The fourth-order valence-electron chi connectivity index (χ4n) is 1.86. The molecule has 2 rings (SSSR count). The Labute approximate surface area is 93.9 Å². The minimum absolute atomic E-state index is 0.644. The van der Waals surface area contributed by atoms with E-state index in [0.29, 0.717) is 5.56 Å². The van der Waals surface area contributed by atoms with Crippen molar-refractivity contribution in [3.63, 3.8) is 0 Å². The molecule has 0 spiro atoms. The van der Waals surface area contributed by atoms with Crippen molar-refractivity contribution in [3.05, 3.63) is 35.4 Å². The minimum Gasteiger partial charge on any atom is -0.384 e. The molecule has 0 saturated carbocycles. The van der Waals surface area contributed by atoms with Gasteiger partial charge in [-0.2, -0.15) is 17.0 Å². The largest absolute Gasteiger partial charge is 0.384 e.